The zero-order valence-corrected chi connectivity index (χ0v) is 9.65. The fourth-order valence-corrected chi connectivity index (χ4v) is 0.869. The van der Waals surface area contributed by atoms with Crippen molar-refractivity contribution in [2.24, 2.45) is 10.7 Å². The number of hydrogen-bond donors (Lipinski definition) is 3. The summed E-state index contributed by atoms with van der Waals surface area (Å²) in [6, 6.07) is 3.55. The molecule has 0 heterocycles. The van der Waals surface area contributed by atoms with Crippen LogP contribution < -0.4 is 5.73 Å². The third-order valence-corrected chi connectivity index (χ3v) is 1.48. The zero-order chi connectivity index (χ0) is 14.1. The monoisotopic (exact) mass is 257 g/mol. The van der Waals surface area contributed by atoms with Crippen LogP contribution in [0.2, 0.25) is 0 Å². The Bertz CT molecular complexity index is 437. The number of carboxylic acid groups (broad SMARTS) is 1. The van der Waals surface area contributed by atoms with Crippen LogP contribution in [0, 0.1) is 17.0 Å². The number of aliphatic imine (C=N–C) groups is 1. The third kappa shape index (κ3) is 7.04. The first-order valence-corrected chi connectivity index (χ1v) is 4.81. The number of carbonyl (C=O) groups is 1. The Morgan fingerprint density at radius 2 is 1.94 bits per heavy atom. The first-order chi connectivity index (χ1) is 8.34. The maximum Gasteiger partial charge on any atom is 0.300 e. The summed E-state index contributed by atoms with van der Waals surface area (Å²) in [5.74, 6) is -2.35. The van der Waals surface area contributed by atoms with Gasteiger partial charge in [-0.3, -0.25) is 15.2 Å². The normalized spacial score (nSPS) is 9.72. The average Bonchev–Trinajstić information content (AvgIpc) is 2.21. The van der Waals surface area contributed by atoms with Gasteiger partial charge in [0.2, 0.25) is 0 Å². The van der Waals surface area contributed by atoms with E-state index in [0.29, 0.717) is 0 Å². The molecule has 0 fully saturated rings. The Morgan fingerprint density at radius 3 is 2.33 bits per heavy atom. The highest BCUT2D eigenvalue weighted by atomic mass is 19.1. The molecule has 7 heteroatoms. The molecule has 1 aromatic carbocycles. The molecule has 98 valence electrons. The number of nitrogens with zero attached hydrogens (tertiary/aromatic N) is 1. The summed E-state index contributed by atoms with van der Waals surface area (Å²) in [7, 11) is 0. The molecule has 1 aromatic rings. The molecule has 5 nitrogen and oxygen atoms in total. The lowest BCUT2D eigenvalue weighted by molar-refractivity contribution is -0.134. The van der Waals surface area contributed by atoms with Gasteiger partial charge in [-0.25, -0.2) is 8.78 Å². The van der Waals surface area contributed by atoms with Crippen LogP contribution >= 0.6 is 0 Å². The molecule has 0 saturated carbocycles. The van der Waals surface area contributed by atoms with E-state index >= 15 is 0 Å². The summed E-state index contributed by atoms with van der Waals surface area (Å²) in [6.45, 7) is 1.02. The molecule has 0 radical (unpaired) electrons. The van der Waals surface area contributed by atoms with Crippen molar-refractivity contribution in [1.29, 1.82) is 5.41 Å². The predicted octanol–water partition coefficient (Wildman–Crippen LogP) is 1.41. The molecule has 0 unspecified atom stereocenters. The van der Waals surface area contributed by atoms with Gasteiger partial charge in [0.25, 0.3) is 5.97 Å². The summed E-state index contributed by atoms with van der Waals surface area (Å²) in [4.78, 5) is 12.6. The molecule has 0 atom stereocenters. The van der Waals surface area contributed by atoms with E-state index in [1.807, 2.05) is 0 Å². The molecule has 0 spiro atoms. The second-order valence-corrected chi connectivity index (χ2v) is 3.15. The highest BCUT2D eigenvalue weighted by molar-refractivity contribution is 5.85. The van der Waals surface area contributed by atoms with Gasteiger partial charge in [-0.1, -0.05) is 6.07 Å². The van der Waals surface area contributed by atoms with Crippen molar-refractivity contribution in [1.82, 2.24) is 0 Å². The number of aliphatic carboxylic acids is 1. The van der Waals surface area contributed by atoms with Gasteiger partial charge in [0.05, 0.1) is 12.1 Å². The zero-order valence-electron chi connectivity index (χ0n) is 9.65. The Kier molecular flexibility index (Phi) is 6.87. The standard InChI is InChI=1S/C9H9F2N3.C2H4O2/c10-7-2-1-3-8(11)6(7)4-14-5-9(12)13;1-2(3)4/h1-4H,5H2,(H3,12,13);1H3,(H,3,4). The summed E-state index contributed by atoms with van der Waals surface area (Å²) in [5.41, 5.74) is 4.80. The molecule has 0 aliphatic rings. The quantitative estimate of drug-likeness (QED) is 0.563. The molecule has 0 amide bonds. The lowest BCUT2D eigenvalue weighted by atomic mass is 10.2. The lowest BCUT2D eigenvalue weighted by Gasteiger charge is -1.97. The minimum atomic E-state index is -0.833. The van der Waals surface area contributed by atoms with Crippen LogP contribution in [0.15, 0.2) is 23.2 Å². The van der Waals surface area contributed by atoms with E-state index in [9.17, 15) is 8.78 Å². The molecule has 0 saturated heterocycles. The highest BCUT2D eigenvalue weighted by Crippen LogP contribution is 2.08. The van der Waals surface area contributed by atoms with Gasteiger partial charge in [0, 0.05) is 13.1 Å². The van der Waals surface area contributed by atoms with Gasteiger partial charge in [-0.05, 0) is 12.1 Å². The van der Waals surface area contributed by atoms with Crippen molar-refractivity contribution < 1.29 is 18.7 Å². The average molecular weight is 257 g/mol. The third-order valence-electron chi connectivity index (χ3n) is 1.48. The van der Waals surface area contributed by atoms with Crippen molar-refractivity contribution in [2.45, 2.75) is 6.92 Å². The van der Waals surface area contributed by atoms with E-state index in [1.54, 1.807) is 0 Å². The molecule has 0 aromatic heterocycles. The van der Waals surface area contributed by atoms with Crippen molar-refractivity contribution in [3.63, 3.8) is 0 Å². The number of carboxylic acids is 1. The summed E-state index contributed by atoms with van der Waals surface area (Å²) >= 11 is 0. The molecule has 4 N–H and O–H groups in total. The SMILES string of the molecule is CC(=O)O.N=C(N)CN=Cc1c(F)cccc1F. The van der Waals surface area contributed by atoms with Crippen LogP contribution in [0.3, 0.4) is 0 Å². The lowest BCUT2D eigenvalue weighted by Crippen LogP contribution is -2.13. The summed E-state index contributed by atoms with van der Waals surface area (Å²) in [6.07, 6.45) is 1.03. The van der Waals surface area contributed by atoms with Gasteiger partial charge in [-0.15, -0.1) is 0 Å². The van der Waals surface area contributed by atoms with Crippen molar-refractivity contribution in [3.8, 4) is 0 Å². The van der Waals surface area contributed by atoms with Gasteiger partial charge < -0.3 is 10.8 Å². The first-order valence-electron chi connectivity index (χ1n) is 4.81. The maximum absolute atomic E-state index is 13.0. The van der Waals surface area contributed by atoms with E-state index in [-0.39, 0.29) is 17.9 Å². The van der Waals surface area contributed by atoms with Crippen LogP contribution in [0.1, 0.15) is 12.5 Å². The Hall–Kier alpha value is -2.31. The highest BCUT2D eigenvalue weighted by Gasteiger charge is 2.04. The second-order valence-electron chi connectivity index (χ2n) is 3.15. The number of nitrogens with two attached hydrogens (primary N) is 1. The molecular formula is C11H13F2N3O2. The summed E-state index contributed by atoms with van der Waals surface area (Å²) < 4.78 is 25.9. The van der Waals surface area contributed by atoms with Gasteiger partial charge in [-0.2, -0.15) is 0 Å². The van der Waals surface area contributed by atoms with Gasteiger partial charge in [0.1, 0.15) is 17.5 Å². The molecule has 0 aliphatic heterocycles. The molecule has 0 aliphatic carbocycles. The van der Waals surface area contributed by atoms with Crippen LogP contribution in [-0.4, -0.2) is 29.7 Å². The molecule has 18 heavy (non-hydrogen) atoms. The molecular weight excluding hydrogens is 244 g/mol. The first kappa shape index (κ1) is 15.7. The van der Waals surface area contributed by atoms with E-state index in [1.165, 1.54) is 6.07 Å². The number of nitrogens with one attached hydrogen (secondary N) is 1. The van der Waals surface area contributed by atoms with Gasteiger partial charge >= 0.3 is 0 Å². The van der Waals surface area contributed by atoms with Crippen molar-refractivity contribution in [2.75, 3.05) is 6.54 Å². The van der Waals surface area contributed by atoms with E-state index in [4.69, 9.17) is 21.0 Å². The van der Waals surface area contributed by atoms with Crippen LogP contribution in [-0.2, 0) is 4.79 Å². The second kappa shape index (κ2) is 7.88. The van der Waals surface area contributed by atoms with E-state index < -0.39 is 17.6 Å². The smallest absolute Gasteiger partial charge is 0.300 e. The predicted molar refractivity (Wildman–Crippen MR) is 64.0 cm³/mol. The maximum atomic E-state index is 13.0. The van der Waals surface area contributed by atoms with Gasteiger partial charge in [0.15, 0.2) is 0 Å². The largest absolute Gasteiger partial charge is 0.481 e. The minimum Gasteiger partial charge on any atom is -0.481 e. The fourth-order valence-electron chi connectivity index (χ4n) is 0.869. The number of benzene rings is 1. The minimum absolute atomic E-state index is 0.0617. The van der Waals surface area contributed by atoms with Crippen LogP contribution in [0.25, 0.3) is 0 Å². The topological polar surface area (TPSA) is 99.5 Å². The summed E-state index contributed by atoms with van der Waals surface area (Å²) in [5, 5.41) is 14.3. The van der Waals surface area contributed by atoms with Crippen molar-refractivity contribution in [3.05, 3.63) is 35.4 Å². The Balaban J connectivity index is 0.000000631. The van der Waals surface area contributed by atoms with Crippen LogP contribution in [0.5, 0.6) is 0 Å². The fraction of sp³-hybridized carbons (Fsp3) is 0.182. The molecule has 0 bridgehead atoms. The van der Waals surface area contributed by atoms with Crippen LogP contribution in [0.4, 0.5) is 8.78 Å². The van der Waals surface area contributed by atoms with E-state index in [0.717, 1.165) is 25.3 Å². The van der Waals surface area contributed by atoms with Crippen molar-refractivity contribution >= 4 is 18.0 Å². The number of halogens is 2. The number of rotatable bonds is 3. The number of hydrogen-bond acceptors (Lipinski definition) is 3. The Labute approximate surface area is 102 Å². The van der Waals surface area contributed by atoms with E-state index in [2.05, 4.69) is 4.99 Å². The molecule has 1 rings (SSSR count). The number of amidine groups is 1. The Morgan fingerprint density at radius 1 is 1.50 bits per heavy atom.